The van der Waals surface area contributed by atoms with Crippen LogP contribution in [0, 0.1) is 0 Å². The highest BCUT2D eigenvalue weighted by Gasteiger charge is 2.25. The summed E-state index contributed by atoms with van der Waals surface area (Å²) >= 11 is 6.18. The number of anilines is 1. The van der Waals surface area contributed by atoms with Gasteiger partial charge in [-0.25, -0.2) is 4.98 Å². The molecule has 1 aromatic carbocycles. The Morgan fingerprint density at radius 3 is 2.61 bits per heavy atom. The Balaban J connectivity index is 2.18. The van der Waals surface area contributed by atoms with Crippen LogP contribution >= 0.6 is 11.6 Å². The van der Waals surface area contributed by atoms with E-state index in [1.54, 1.807) is 14.2 Å². The average molecular weight is 336 g/mol. The van der Waals surface area contributed by atoms with E-state index >= 15 is 0 Å². The number of hydrogen-bond acceptors (Lipinski definition) is 5. The minimum absolute atomic E-state index is 0.264. The third kappa shape index (κ3) is 3.02. The average Bonchev–Trinajstić information content (AvgIpc) is 2.59. The van der Waals surface area contributed by atoms with Crippen molar-refractivity contribution in [3.8, 4) is 11.5 Å². The molecule has 2 heterocycles. The van der Waals surface area contributed by atoms with E-state index < -0.39 is 0 Å². The van der Waals surface area contributed by atoms with Crippen LogP contribution in [0.25, 0.3) is 10.9 Å². The van der Waals surface area contributed by atoms with Crippen molar-refractivity contribution in [1.82, 2.24) is 9.97 Å². The molecule has 0 amide bonds. The lowest BCUT2D eigenvalue weighted by Crippen LogP contribution is -2.39. The molecule has 2 aromatic rings. The summed E-state index contributed by atoms with van der Waals surface area (Å²) in [7, 11) is 3.25. The fourth-order valence-corrected chi connectivity index (χ4v) is 3.51. The van der Waals surface area contributed by atoms with Gasteiger partial charge in [0.1, 0.15) is 5.82 Å². The van der Waals surface area contributed by atoms with Crippen LogP contribution in [0.3, 0.4) is 0 Å². The van der Waals surface area contributed by atoms with Crippen molar-refractivity contribution in [3.63, 3.8) is 0 Å². The second-order valence-corrected chi connectivity index (χ2v) is 6.13. The molecule has 0 aliphatic carbocycles. The number of aromatic nitrogens is 2. The Bertz CT molecular complexity index is 708. The number of fused-ring (bicyclic) bond motifs is 1. The first-order chi connectivity index (χ1) is 11.2. The van der Waals surface area contributed by atoms with Crippen LogP contribution in [0.4, 0.5) is 5.82 Å². The number of methoxy groups -OCH3 is 2. The monoisotopic (exact) mass is 335 g/mol. The zero-order valence-electron chi connectivity index (χ0n) is 13.8. The quantitative estimate of drug-likeness (QED) is 0.788. The molecule has 6 heteroatoms. The van der Waals surface area contributed by atoms with E-state index in [1.165, 1.54) is 19.3 Å². The second-order valence-electron chi connectivity index (χ2n) is 5.79. The summed E-state index contributed by atoms with van der Waals surface area (Å²) in [5.41, 5.74) is 0.776. The third-order valence-corrected chi connectivity index (χ3v) is 4.69. The van der Waals surface area contributed by atoms with E-state index in [9.17, 15) is 0 Å². The second kappa shape index (κ2) is 6.79. The van der Waals surface area contributed by atoms with E-state index in [0.717, 1.165) is 29.7 Å². The molecule has 0 radical (unpaired) electrons. The van der Waals surface area contributed by atoms with Crippen molar-refractivity contribution in [2.75, 3.05) is 25.7 Å². The van der Waals surface area contributed by atoms with E-state index in [2.05, 4.69) is 21.8 Å². The highest BCUT2D eigenvalue weighted by molar-refractivity contribution is 6.28. The van der Waals surface area contributed by atoms with Crippen LogP contribution in [0.5, 0.6) is 11.5 Å². The van der Waals surface area contributed by atoms with Crippen molar-refractivity contribution in [3.05, 3.63) is 17.4 Å². The van der Waals surface area contributed by atoms with Crippen molar-refractivity contribution in [2.24, 2.45) is 0 Å². The predicted octanol–water partition coefficient (Wildman–Crippen LogP) is 4.07. The van der Waals surface area contributed by atoms with Crippen molar-refractivity contribution < 1.29 is 9.47 Å². The Hall–Kier alpha value is -1.75. The van der Waals surface area contributed by atoms with Crippen LogP contribution in [-0.4, -0.2) is 36.8 Å². The summed E-state index contributed by atoms with van der Waals surface area (Å²) in [4.78, 5) is 11.3. The maximum atomic E-state index is 6.18. The minimum atomic E-state index is 0.264. The summed E-state index contributed by atoms with van der Waals surface area (Å²) in [5, 5.41) is 1.22. The molecule has 1 saturated heterocycles. The summed E-state index contributed by atoms with van der Waals surface area (Å²) in [6, 6.07) is 4.29. The molecule has 0 saturated carbocycles. The molecule has 124 valence electrons. The summed E-state index contributed by atoms with van der Waals surface area (Å²) in [5.74, 6) is 2.22. The fourth-order valence-electron chi connectivity index (χ4n) is 3.33. The standard InChI is InChI=1S/C17H22ClN3O2/c1-4-11-7-5-6-8-21(11)16-12-9-14(22-2)15(23-3)10-13(12)19-17(18)20-16/h9-11H,4-8H2,1-3H3. The normalized spacial score (nSPS) is 18.3. The lowest BCUT2D eigenvalue weighted by atomic mass is 9.99. The van der Waals surface area contributed by atoms with Gasteiger partial charge in [-0.1, -0.05) is 6.92 Å². The molecule has 23 heavy (non-hydrogen) atoms. The van der Waals surface area contributed by atoms with E-state index in [1.807, 2.05) is 12.1 Å². The Morgan fingerprint density at radius 1 is 1.17 bits per heavy atom. The van der Waals surface area contributed by atoms with Crippen molar-refractivity contribution >= 4 is 28.3 Å². The van der Waals surface area contributed by atoms with Crippen LogP contribution in [0.15, 0.2) is 12.1 Å². The highest BCUT2D eigenvalue weighted by atomic mass is 35.5. The Morgan fingerprint density at radius 2 is 1.91 bits per heavy atom. The van der Waals surface area contributed by atoms with Gasteiger partial charge < -0.3 is 14.4 Å². The Kier molecular flexibility index (Phi) is 4.76. The number of nitrogens with zero attached hydrogens (tertiary/aromatic N) is 3. The van der Waals surface area contributed by atoms with Gasteiger partial charge in [0.05, 0.1) is 19.7 Å². The summed E-state index contributed by atoms with van der Waals surface area (Å²) in [6.45, 7) is 3.22. The van der Waals surface area contributed by atoms with Gasteiger partial charge in [0.15, 0.2) is 11.5 Å². The van der Waals surface area contributed by atoms with Gasteiger partial charge in [-0.3, -0.25) is 0 Å². The first-order valence-electron chi connectivity index (χ1n) is 8.03. The lowest BCUT2D eigenvalue weighted by Gasteiger charge is -2.36. The molecule has 1 aliphatic rings. The van der Waals surface area contributed by atoms with Gasteiger partial charge in [-0.05, 0) is 43.4 Å². The highest BCUT2D eigenvalue weighted by Crippen LogP contribution is 2.37. The molecule has 1 fully saturated rings. The number of piperidine rings is 1. The van der Waals surface area contributed by atoms with Crippen molar-refractivity contribution in [2.45, 2.75) is 38.6 Å². The minimum Gasteiger partial charge on any atom is -0.493 e. The van der Waals surface area contributed by atoms with Gasteiger partial charge in [0, 0.05) is 24.0 Å². The Labute approximate surface area is 141 Å². The van der Waals surface area contributed by atoms with Crippen LogP contribution in [0.1, 0.15) is 32.6 Å². The van der Waals surface area contributed by atoms with E-state index in [4.69, 9.17) is 21.1 Å². The first kappa shape index (κ1) is 16.1. The molecule has 5 nitrogen and oxygen atoms in total. The molecular formula is C17H22ClN3O2. The largest absolute Gasteiger partial charge is 0.493 e. The van der Waals surface area contributed by atoms with Gasteiger partial charge in [-0.2, -0.15) is 4.98 Å². The lowest BCUT2D eigenvalue weighted by molar-refractivity contribution is 0.355. The topological polar surface area (TPSA) is 47.5 Å². The summed E-state index contributed by atoms with van der Waals surface area (Å²) in [6.07, 6.45) is 4.72. The van der Waals surface area contributed by atoms with Gasteiger partial charge >= 0.3 is 0 Å². The molecule has 1 aliphatic heterocycles. The number of benzene rings is 1. The molecule has 0 spiro atoms. The predicted molar refractivity (Wildman–Crippen MR) is 92.9 cm³/mol. The van der Waals surface area contributed by atoms with Gasteiger partial charge in [0.25, 0.3) is 0 Å². The maximum Gasteiger partial charge on any atom is 0.224 e. The van der Waals surface area contributed by atoms with Crippen molar-refractivity contribution in [1.29, 1.82) is 0 Å². The molecule has 1 unspecified atom stereocenters. The zero-order chi connectivity index (χ0) is 16.4. The SMILES string of the molecule is CCC1CCCCN1c1nc(Cl)nc2cc(OC)c(OC)cc12. The molecule has 1 aromatic heterocycles. The number of halogens is 1. The smallest absolute Gasteiger partial charge is 0.224 e. The fraction of sp³-hybridized carbons (Fsp3) is 0.529. The van der Waals surface area contributed by atoms with Crippen LogP contribution < -0.4 is 14.4 Å². The number of hydrogen-bond donors (Lipinski definition) is 0. The zero-order valence-corrected chi connectivity index (χ0v) is 14.6. The summed E-state index contributed by atoms with van der Waals surface area (Å²) < 4.78 is 10.8. The maximum absolute atomic E-state index is 6.18. The van der Waals surface area contributed by atoms with Crippen LogP contribution in [0.2, 0.25) is 5.28 Å². The van der Waals surface area contributed by atoms with Gasteiger partial charge in [-0.15, -0.1) is 0 Å². The number of ether oxygens (including phenoxy) is 2. The molecular weight excluding hydrogens is 314 g/mol. The number of rotatable bonds is 4. The first-order valence-corrected chi connectivity index (χ1v) is 8.41. The molecule has 3 rings (SSSR count). The molecule has 1 atom stereocenters. The van der Waals surface area contributed by atoms with Crippen LogP contribution in [-0.2, 0) is 0 Å². The van der Waals surface area contributed by atoms with E-state index in [0.29, 0.717) is 17.5 Å². The molecule has 0 bridgehead atoms. The molecule has 0 N–H and O–H groups in total. The van der Waals surface area contributed by atoms with E-state index in [-0.39, 0.29) is 5.28 Å². The third-order valence-electron chi connectivity index (χ3n) is 4.52. The van der Waals surface area contributed by atoms with Gasteiger partial charge in [0.2, 0.25) is 5.28 Å².